The quantitative estimate of drug-likeness (QED) is 0.790. The highest BCUT2D eigenvalue weighted by molar-refractivity contribution is 5.35. The van der Waals surface area contributed by atoms with Crippen LogP contribution in [0.25, 0.3) is 0 Å². The van der Waals surface area contributed by atoms with Gasteiger partial charge in [-0.05, 0) is 85.7 Å². The van der Waals surface area contributed by atoms with Gasteiger partial charge in [-0.15, -0.1) is 0 Å². The third-order valence-electron chi connectivity index (χ3n) is 8.01. The Morgan fingerprint density at radius 3 is 2.78 bits per heavy atom. The second kappa shape index (κ2) is 5.37. The molecule has 128 valence electrons. The van der Waals surface area contributed by atoms with E-state index in [0.29, 0.717) is 5.41 Å². The van der Waals surface area contributed by atoms with Crippen molar-refractivity contribution in [3.8, 4) is 0 Å². The van der Waals surface area contributed by atoms with E-state index in [1.165, 1.54) is 43.4 Å². The lowest BCUT2D eigenvalue weighted by Crippen LogP contribution is -2.50. The van der Waals surface area contributed by atoms with Gasteiger partial charge in [-0.3, -0.25) is 0 Å². The van der Waals surface area contributed by atoms with Crippen LogP contribution in [-0.4, -0.2) is 17.8 Å². The molecule has 2 nitrogen and oxygen atoms in total. The van der Waals surface area contributed by atoms with Crippen LogP contribution in [0, 0.1) is 28.6 Å². The number of fused-ring (bicyclic) bond motifs is 5. The molecule has 0 radical (unpaired) electrons. The van der Waals surface area contributed by atoms with Gasteiger partial charge in [0.1, 0.15) is 0 Å². The molecule has 0 amide bonds. The van der Waals surface area contributed by atoms with Gasteiger partial charge in [-0.2, -0.15) is 0 Å². The van der Waals surface area contributed by atoms with Crippen LogP contribution in [0.4, 0.5) is 0 Å². The summed E-state index contributed by atoms with van der Waals surface area (Å²) >= 11 is 0. The Bertz CT molecular complexity index is 548. The summed E-state index contributed by atoms with van der Waals surface area (Å²) in [6, 6.07) is 0. The normalized spacial score (nSPS) is 48.7. The molecule has 0 spiro atoms. The molecule has 0 saturated heterocycles. The molecule has 6 atom stereocenters. The zero-order valence-electron chi connectivity index (χ0n) is 15.0. The van der Waals surface area contributed by atoms with Crippen LogP contribution in [-0.2, 0) is 4.74 Å². The van der Waals surface area contributed by atoms with Crippen LogP contribution in [0.5, 0.6) is 0 Å². The highest BCUT2D eigenvalue weighted by Crippen LogP contribution is 2.64. The summed E-state index contributed by atoms with van der Waals surface area (Å²) in [6.45, 7) is 7.72. The molecule has 0 bridgehead atoms. The van der Waals surface area contributed by atoms with Crippen molar-refractivity contribution in [2.24, 2.45) is 28.6 Å². The van der Waals surface area contributed by atoms with Crippen molar-refractivity contribution in [2.75, 3.05) is 6.61 Å². The van der Waals surface area contributed by atoms with Crippen molar-refractivity contribution in [1.29, 1.82) is 0 Å². The molecule has 23 heavy (non-hydrogen) atoms. The number of allylic oxidation sites excluding steroid dienone is 4. The van der Waals surface area contributed by atoms with E-state index in [9.17, 15) is 5.11 Å². The van der Waals surface area contributed by atoms with Gasteiger partial charge < -0.3 is 9.84 Å². The minimum atomic E-state index is -0.0672. The molecule has 3 unspecified atom stereocenters. The Balaban J connectivity index is 1.66. The van der Waals surface area contributed by atoms with E-state index in [1.54, 1.807) is 0 Å². The minimum absolute atomic E-state index is 0.0672. The number of rotatable bonds is 2. The fraction of sp³-hybridized carbons (Fsp3) is 0.810. The standard InChI is InChI=1S/C21H32O2/c1-4-23-15-9-11-20(2)14(13-15)5-6-16-17-7-8-19(22)21(17,3)12-10-18(16)20/h5,13,16-19,22H,4,6-12H2,1-3H3/t16?,17?,18?,19-,20-,21-/m0/s1. The van der Waals surface area contributed by atoms with Crippen molar-refractivity contribution in [1.82, 2.24) is 0 Å². The number of hydrogen-bond donors (Lipinski definition) is 1. The summed E-state index contributed by atoms with van der Waals surface area (Å²) in [4.78, 5) is 0. The molecule has 0 aromatic rings. The Labute approximate surface area is 141 Å². The van der Waals surface area contributed by atoms with Gasteiger partial charge in [0.25, 0.3) is 0 Å². The molecule has 0 aliphatic heterocycles. The van der Waals surface area contributed by atoms with Gasteiger partial charge in [0.05, 0.1) is 18.5 Å². The van der Waals surface area contributed by atoms with Crippen molar-refractivity contribution in [2.45, 2.75) is 71.8 Å². The topological polar surface area (TPSA) is 29.5 Å². The lowest BCUT2D eigenvalue weighted by Gasteiger charge is -2.56. The predicted molar refractivity (Wildman–Crippen MR) is 92.8 cm³/mol. The molecule has 0 aromatic carbocycles. The molecule has 4 rings (SSSR count). The van der Waals surface area contributed by atoms with E-state index in [2.05, 4.69) is 32.9 Å². The number of ether oxygens (including phenoxy) is 1. The smallest absolute Gasteiger partial charge is 0.0962 e. The lowest BCUT2D eigenvalue weighted by molar-refractivity contribution is -0.0635. The van der Waals surface area contributed by atoms with Crippen LogP contribution in [0.2, 0.25) is 0 Å². The Morgan fingerprint density at radius 1 is 1.17 bits per heavy atom. The van der Waals surface area contributed by atoms with Crippen LogP contribution in [0.15, 0.2) is 23.5 Å². The van der Waals surface area contributed by atoms with Crippen molar-refractivity contribution >= 4 is 0 Å². The Kier molecular flexibility index (Phi) is 3.68. The average molecular weight is 316 g/mol. The van der Waals surface area contributed by atoms with Gasteiger partial charge >= 0.3 is 0 Å². The van der Waals surface area contributed by atoms with Gasteiger partial charge in [-0.1, -0.05) is 19.9 Å². The monoisotopic (exact) mass is 316 g/mol. The SMILES string of the molecule is CCOC1=CC2=CCC3C(CC[C@@]4(C)C3CC[C@@H]4O)[C@@]2(C)CC1. The van der Waals surface area contributed by atoms with Crippen LogP contribution in [0.1, 0.15) is 65.7 Å². The molecule has 1 N–H and O–H groups in total. The molecule has 2 fully saturated rings. The van der Waals surface area contributed by atoms with Crippen molar-refractivity contribution in [3.05, 3.63) is 23.5 Å². The van der Waals surface area contributed by atoms with Gasteiger partial charge in [0, 0.05) is 6.42 Å². The molecule has 0 aromatic heterocycles. The number of hydrogen-bond acceptors (Lipinski definition) is 2. The maximum absolute atomic E-state index is 10.5. The first-order valence-corrected chi connectivity index (χ1v) is 9.71. The fourth-order valence-electron chi connectivity index (χ4n) is 6.57. The van der Waals surface area contributed by atoms with Crippen LogP contribution in [0.3, 0.4) is 0 Å². The van der Waals surface area contributed by atoms with Crippen LogP contribution >= 0.6 is 0 Å². The summed E-state index contributed by atoms with van der Waals surface area (Å²) in [6.07, 6.45) is 13.1. The second-order valence-corrected chi connectivity index (χ2v) is 8.87. The van der Waals surface area contributed by atoms with E-state index < -0.39 is 0 Å². The Morgan fingerprint density at radius 2 is 2.00 bits per heavy atom. The van der Waals surface area contributed by atoms with Crippen LogP contribution < -0.4 is 0 Å². The van der Waals surface area contributed by atoms with E-state index >= 15 is 0 Å². The van der Waals surface area contributed by atoms with Gasteiger partial charge in [-0.25, -0.2) is 0 Å². The van der Waals surface area contributed by atoms with E-state index in [0.717, 1.165) is 37.2 Å². The first-order valence-electron chi connectivity index (χ1n) is 9.71. The Hall–Kier alpha value is -0.760. The van der Waals surface area contributed by atoms with Gasteiger partial charge in [0.2, 0.25) is 0 Å². The summed E-state index contributed by atoms with van der Waals surface area (Å²) in [5, 5.41) is 10.5. The summed E-state index contributed by atoms with van der Waals surface area (Å²) < 4.78 is 5.80. The molecule has 2 saturated carbocycles. The summed E-state index contributed by atoms with van der Waals surface area (Å²) in [5.41, 5.74) is 2.05. The third-order valence-corrected chi connectivity index (χ3v) is 8.01. The first-order chi connectivity index (χ1) is 11.0. The largest absolute Gasteiger partial charge is 0.498 e. The lowest BCUT2D eigenvalue weighted by atomic mass is 9.48. The summed E-state index contributed by atoms with van der Waals surface area (Å²) in [5.74, 6) is 3.49. The zero-order valence-corrected chi connectivity index (χ0v) is 15.0. The molecular weight excluding hydrogens is 284 g/mol. The zero-order chi connectivity index (χ0) is 16.2. The van der Waals surface area contributed by atoms with Crippen molar-refractivity contribution < 1.29 is 9.84 Å². The molecule has 4 aliphatic rings. The molecular formula is C21H32O2. The maximum Gasteiger partial charge on any atom is 0.0962 e. The van der Waals surface area contributed by atoms with Crippen molar-refractivity contribution in [3.63, 3.8) is 0 Å². The van der Waals surface area contributed by atoms with E-state index in [-0.39, 0.29) is 11.5 Å². The molecule has 2 heteroatoms. The van der Waals surface area contributed by atoms with E-state index in [1.807, 2.05) is 0 Å². The highest BCUT2D eigenvalue weighted by atomic mass is 16.5. The number of aliphatic hydroxyl groups excluding tert-OH is 1. The average Bonchev–Trinajstić information content (AvgIpc) is 2.84. The third kappa shape index (κ3) is 2.17. The fourth-order valence-corrected chi connectivity index (χ4v) is 6.57. The molecule has 0 heterocycles. The number of aliphatic hydroxyl groups is 1. The summed E-state index contributed by atoms with van der Waals surface area (Å²) in [7, 11) is 0. The first kappa shape index (κ1) is 15.7. The van der Waals surface area contributed by atoms with Gasteiger partial charge in [0.15, 0.2) is 0 Å². The van der Waals surface area contributed by atoms with E-state index in [4.69, 9.17) is 4.74 Å². The molecule has 4 aliphatic carbocycles. The second-order valence-electron chi connectivity index (χ2n) is 8.87. The predicted octanol–water partition coefficient (Wildman–Crippen LogP) is 4.84. The maximum atomic E-state index is 10.5. The minimum Gasteiger partial charge on any atom is -0.498 e. The highest BCUT2D eigenvalue weighted by Gasteiger charge is 2.58.